The third-order valence-electron chi connectivity index (χ3n) is 4.34. The van der Waals surface area contributed by atoms with Crippen molar-refractivity contribution in [3.05, 3.63) is 22.7 Å². The molecule has 3 nitrogen and oxygen atoms in total. The van der Waals surface area contributed by atoms with Gasteiger partial charge in [0.2, 0.25) is 0 Å². The Morgan fingerprint density at radius 3 is 2.76 bits per heavy atom. The first-order chi connectivity index (χ1) is 10.3. The van der Waals surface area contributed by atoms with Gasteiger partial charge in [-0.2, -0.15) is 0 Å². The van der Waals surface area contributed by atoms with Crippen LogP contribution in [-0.2, 0) is 6.42 Å². The minimum atomic E-state index is 0.553. The summed E-state index contributed by atoms with van der Waals surface area (Å²) in [5, 5.41) is 4.24. The normalized spacial score (nSPS) is 22.1. The second-order valence-corrected chi connectivity index (χ2v) is 6.62. The fraction of sp³-hybridized carbons (Fsp3) is 0.647. The number of methoxy groups -OCH3 is 1. The maximum absolute atomic E-state index is 6.41. The average molecular weight is 310 g/mol. The minimum absolute atomic E-state index is 0.553. The predicted octanol–water partition coefficient (Wildman–Crippen LogP) is 3.82. The molecular formula is C17H24ClNO2. The highest BCUT2D eigenvalue weighted by molar-refractivity contribution is 6.32. The van der Waals surface area contributed by atoms with Gasteiger partial charge in [-0.15, -0.1) is 0 Å². The van der Waals surface area contributed by atoms with Crippen LogP contribution in [0.1, 0.15) is 37.7 Å². The van der Waals surface area contributed by atoms with Crippen molar-refractivity contribution in [1.29, 1.82) is 0 Å². The van der Waals surface area contributed by atoms with Crippen molar-refractivity contribution in [2.24, 2.45) is 5.92 Å². The lowest BCUT2D eigenvalue weighted by Crippen LogP contribution is -2.35. The van der Waals surface area contributed by atoms with Crippen LogP contribution in [-0.4, -0.2) is 26.3 Å². The number of piperidine rings is 1. The lowest BCUT2D eigenvalue weighted by Gasteiger charge is -2.24. The maximum Gasteiger partial charge on any atom is 0.179 e. The summed E-state index contributed by atoms with van der Waals surface area (Å²) in [5.74, 6) is 2.16. The Balaban J connectivity index is 1.70. The van der Waals surface area contributed by atoms with Crippen molar-refractivity contribution in [3.8, 4) is 11.5 Å². The second kappa shape index (κ2) is 6.89. The van der Waals surface area contributed by atoms with E-state index in [-0.39, 0.29) is 0 Å². The Hall–Kier alpha value is -0.930. The van der Waals surface area contributed by atoms with E-state index in [0.717, 1.165) is 25.3 Å². The van der Waals surface area contributed by atoms with Crippen molar-refractivity contribution in [1.82, 2.24) is 5.32 Å². The van der Waals surface area contributed by atoms with Gasteiger partial charge in [0.05, 0.1) is 18.7 Å². The van der Waals surface area contributed by atoms with Crippen molar-refractivity contribution >= 4 is 11.6 Å². The Kier molecular flexibility index (Phi) is 4.91. The molecule has 0 amide bonds. The summed E-state index contributed by atoms with van der Waals surface area (Å²) in [7, 11) is 1.68. The van der Waals surface area contributed by atoms with Crippen LogP contribution in [0.4, 0.5) is 0 Å². The maximum atomic E-state index is 6.41. The lowest BCUT2D eigenvalue weighted by molar-refractivity contribution is 0.280. The third kappa shape index (κ3) is 4.04. The van der Waals surface area contributed by atoms with Gasteiger partial charge in [0.1, 0.15) is 0 Å². The first-order valence-corrected chi connectivity index (χ1v) is 8.36. The van der Waals surface area contributed by atoms with E-state index in [0.29, 0.717) is 22.7 Å². The lowest BCUT2D eigenvalue weighted by atomic mass is 9.97. The second-order valence-electron chi connectivity index (χ2n) is 6.21. The van der Waals surface area contributed by atoms with Crippen LogP contribution >= 0.6 is 11.6 Å². The van der Waals surface area contributed by atoms with Crippen LogP contribution in [0, 0.1) is 5.92 Å². The molecule has 1 aliphatic heterocycles. The average Bonchev–Trinajstić information content (AvgIpc) is 3.31. The standard InChI is InChI=1S/C17H24ClNO2/c1-20-16-10-13(8-14-4-2-3-7-19-14)9-15(18)17(16)21-11-12-5-6-12/h9-10,12,14,19H,2-8,11H2,1H3. The fourth-order valence-corrected chi connectivity index (χ4v) is 3.19. The summed E-state index contributed by atoms with van der Waals surface area (Å²) in [6, 6.07) is 4.66. The van der Waals surface area contributed by atoms with Gasteiger partial charge in [-0.05, 0) is 62.3 Å². The van der Waals surface area contributed by atoms with Crippen LogP contribution in [0.3, 0.4) is 0 Å². The molecule has 116 valence electrons. The number of nitrogens with one attached hydrogen (secondary N) is 1. The summed E-state index contributed by atoms with van der Waals surface area (Å²) < 4.78 is 11.3. The van der Waals surface area contributed by atoms with Crippen LogP contribution < -0.4 is 14.8 Å². The first-order valence-electron chi connectivity index (χ1n) is 7.99. The van der Waals surface area contributed by atoms with Crippen LogP contribution in [0.5, 0.6) is 11.5 Å². The molecule has 2 fully saturated rings. The summed E-state index contributed by atoms with van der Waals surface area (Å²) in [5.41, 5.74) is 1.22. The van der Waals surface area contributed by atoms with Gasteiger partial charge >= 0.3 is 0 Å². The highest BCUT2D eigenvalue weighted by atomic mass is 35.5. The molecule has 1 aromatic rings. The van der Waals surface area contributed by atoms with Crippen molar-refractivity contribution in [2.45, 2.75) is 44.6 Å². The van der Waals surface area contributed by atoms with Gasteiger partial charge in [0, 0.05) is 6.04 Å². The molecular weight excluding hydrogens is 286 g/mol. The van der Waals surface area contributed by atoms with E-state index in [4.69, 9.17) is 21.1 Å². The Morgan fingerprint density at radius 1 is 1.24 bits per heavy atom. The number of benzene rings is 1. The number of rotatable bonds is 6. The monoisotopic (exact) mass is 309 g/mol. The zero-order valence-electron chi connectivity index (χ0n) is 12.7. The molecule has 1 N–H and O–H groups in total. The molecule has 0 aromatic heterocycles. The molecule has 1 aliphatic carbocycles. The largest absolute Gasteiger partial charge is 0.493 e. The predicted molar refractivity (Wildman–Crippen MR) is 85.6 cm³/mol. The van der Waals surface area contributed by atoms with Crippen LogP contribution in [0.2, 0.25) is 5.02 Å². The molecule has 0 bridgehead atoms. The number of hydrogen-bond acceptors (Lipinski definition) is 3. The summed E-state index contributed by atoms with van der Waals surface area (Å²) in [6.45, 7) is 1.87. The molecule has 1 aromatic carbocycles. The Labute approximate surface area is 132 Å². The number of ether oxygens (including phenoxy) is 2. The minimum Gasteiger partial charge on any atom is -0.493 e. The van der Waals surface area contributed by atoms with E-state index >= 15 is 0 Å². The Morgan fingerprint density at radius 2 is 2.10 bits per heavy atom. The SMILES string of the molecule is COc1cc(CC2CCCCN2)cc(Cl)c1OCC1CC1. The van der Waals surface area contributed by atoms with Gasteiger partial charge in [-0.1, -0.05) is 18.0 Å². The van der Waals surface area contributed by atoms with E-state index in [1.807, 2.05) is 6.07 Å². The quantitative estimate of drug-likeness (QED) is 0.866. The molecule has 3 rings (SSSR count). The highest BCUT2D eigenvalue weighted by Crippen LogP contribution is 2.39. The van der Waals surface area contributed by atoms with E-state index in [1.165, 1.54) is 37.7 Å². The van der Waals surface area contributed by atoms with Crippen molar-refractivity contribution in [3.63, 3.8) is 0 Å². The molecule has 1 unspecified atom stereocenters. The van der Waals surface area contributed by atoms with E-state index < -0.39 is 0 Å². The van der Waals surface area contributed by atoms with Crippen LogP contribution in [0.15, 0.2) is 12.1 Å². The van der Waals surface area contributed by atoms with Gasteiger partial charge in [-0.3, -0.25) is 0 Å². The fourth-order valence-electron chi connectivity index (χ4n) is 2.90. The van der Waals surface area contributed by atoms with Gasteiger partial charge in [0.15, 0.2) is 11.5 Å². The summed E-state index contributed by atoms with van der Waals surface area (Å²) in [4.78, 5) is 0. The zero-order valence-corrected chi connectivity index (χ0v) is 13.4. The topological polar surface area (TPSA) is 30.5 Å². The summed E-state index contributed by atoms with van der Waals surface area (Å²) in [6.07, 6.45) is 7.37. The number of hydrogen-bond donors (Lipinski definition) is 1. The molecule has 0 spiro atoms. The first kappa shape index (κ1) is 15.0. The third-order valence-corrected chi connectivity index (χ3v) is 4.62. The van der Waals surface area contributed by atoms with E-state index in [2.05, 4.69) is 11.4 Å². The smallest absolute Gasteiger partial charge is 0.179 e. The highest BCUT2D eigenvalue weighted by Gasteiger charge is 2.24. The molecule has 21 heavy (non-hydrogen) atoms. The molecule has 0 radical (unpaired) electrons. The van der Waals surface area contributed by atoms with E-state index in [9.17, 15) is 0 Å². The van der Waals surface area contributed by atoms with Gasteiger partial charge in [0.25, 0.3) is 0 Å². The molecule has 1 saturated heterocycles. The van der Waals surface area contributed by atoms with Gasteiger partial charge < -0.3 is 14.8 Å². The van der Waals surface area contributed by atoms with Gasteiger partial charge in [-0.25, -0.2) is 0 Å². The molecule has 1 atom stereocenters. The zero-order chi connectivity index (χ0) is 14.7. The molecule has 1 heterocycles. The molecule has 2 aliphatic rings. The molecule has 4 heteroatoms. The van der Waals surface area contributed by atoms with Crippen LogP contribution in [0.25, 0.3) is 0 Å². The van der Waals surface area contributed by atoms with Crippen molar-refractivity contribution < 1.29 is 9.47 Å². The summed E-state index contributed by atoms with van der Waals surface area (Å²) >= 11 is 6.41. The van der Waals surface area contributed by atoms with E-state index in [1.54, 1.807) is 7.11 Å². The van der Waals surface area contributed by atoms with Crippen molar-refractivity contribution in [2.75, 3.05) is 20.3 Å². The Bertz CT molecular complexity index is 482. The molecule has 1 saturated carbocycles. The number of halogens is 1.